The summed E-state index contributed by atoms with van der Waals surface area (Å²) in [4.78, 5) is 33.7. The zero-order chi connectivity index (χ0) is 25.5. The van der Waals surface area contributed by atoms with E-state index in [-0.39, 0.29) is 18.6 Å². The van der Waals surface area contributed by atoms with E-state index in [9.17, 15) is 9.59 Å². The first-order valence-electron chi connectivity index (χ1n) is 11.8. The first kappa shape index (κ1) is 27.1. The molecule has 0 aliphatic heterocycles. The van der Waals surface area contributed by atoms with Crippen molar-refractivity contribution in [3.05, 3.63) is 50.6 Å². The van der Waals surface area contributed by atoms with Crippen molar-refractivity contribution in [1.82, 2.24) is 20.2 Å². The quantitative estimate of drug-likeness (QED) is 0.374. The molecule has 0 unspecified atom stereocenters. The summed E-state index contributed by atoms with van der Waals surface area (Å²) in [5.74, 6) is -0.119. The largest absolute Gasteiger partial charge is 0.396 e. The Kier molecular flexibility index (Phi) is 9.68. The molecule has 0 radical (unpaired) electrons. The molecule has 1 aliphatic carbocycles. The van der Waals surface area contributed by atoms with Gasteiger partial charge in [-0.3, -0.25) is 9.59 Å². The van der Waals surface area contributed by atoms with Crippen LogP contribution in [0.15, 0.2) is 24.3 Å². The Hall–Kier alpha value is -2.46. The van der Waals surface area contributed by atoms with E-state index in [1.165, 1.54) is 11.3 Å². The lowest BCUT2D eigenvalue weighted by Gasteiger charge is -2.27. The fourth-order valence-electron chi connectivity index (χ4n) is 4.02. The van der Waals surface area contributed by atoms with Gasteiger partial charge in [0.05, 0.1) is 5.69 Å². The molecule has 4 rings (SSSR count). The van der Waals surface area contributed by atoms with Gasteiger partial charge >= 0.3 is 0 Å². The lowest BCUT2D eigenvalue weighted by atomic mass is 9.86. The number of nitrogens with one attached hydrogen (secondary N) is 2. The molecular formula is C25H34ClN5O3S. The second kappa shape index (κ2) is 12.5. The number of carbonyl (C=O) groups is 2. The molecule has 0 saturated heterocycles. The number of aliphatic hydroxyl groups excluding tert-OH is 1. The summed E-state index contributed by atoms with van der Waals surface area (Å²) in [6, 6.07) is 7.56. The van der Waals surface area contributed by atoms with E-state index in [1.807, 2.05) is 32.2 Å². The van der Waals surface area contributed by atoms with Crippen LogP contribution in [0.5, 0.6) is 0 Å². The number of hydrogen-bond acceptors (Lipinski definition) is 6. The third-order valence-electron chi connectivity index (χ3n) is 6.32. The first-order valence-corrected chi connectivity index (χ1v) is 13.0. The molecule has 10 heteroatoms. The van der Waals surface area contributed by atoms with Gasteiger partial charge in [0.15, 0.2) is 5.01 Å². The lowest BCUT2D eigenvalue weighted by molar-refractivity contribution is 0.0909. The number of carbonyl (C=O) groups excluding carboxylic acids is 2. The number of primary amides is 1. The normalized spacial score (nSPS) is 17.8. The molecule has 1 saturated carbocycles. The van der Waals surface area contributed by atoms with Gasteiger partial charge in [0, 0.05) is 40.0 Å². The van der Waals surface area contributed by atoms with Crippen molar-refractivity contribution in [3.8, 4) is 0 Å². The van der Waals surface area contributed by atoms with Gasteiger partial charge in [0.1, 0.15) is 5.69 Å². The van der Waals surface area contributed by atoms with E-state index < -0.39 is 5.91 Å². The molecule has 3 aromatic rings. The molecular weight excluding hydrogens is 486 g/mol. The minimum atomic E-state index is -0.441. The van der Waals surface area contributed by atoms with Gasteiger partial charge in [-0.25, -0.2) is 4.98 Å². The molecule has 0 spiro atoms. The lowest BCUT2D eigenvalue weighted by Crippen LogP contribution is -2.38. The number of thiazole rings is 1. The second-order valence-electron chi connectivity index (χ2n) is 9.01. The maximum Gasteiger partial charge on any atom is 0.277 e. The van der Waals surface area contributed by atoms with E-state index in [2.05, 4.69) is 27.1 Å². The second-order valence-corrected chi connectivity index (χ2v) is 10.5. The molecule has 190 valence electrons. The highest BCUT2D eigenvalue weighted by atomic mass is 35.5. The summed E-state index contributed by atoms with van der Waals surface area (Å²) >= 11 is 7.34. The highest BCUT2D eigenvalue weighted by molar-refractivity contribution is 7.13. The number of rotatable bonds is 7. The van der Waals surface area contributed by atoms with Crippen molar-refractivity contribution in [2.75, 3.05) is 20.2 Å². The van der Waals surface area contributed by atoms with Crippen LogP contribution in [-0.4, -0.2) is 58.0 Å². The number of H-pyrrole nitrogens is 1. The maximum atomic E-state index is 12.3. The standard InChI is InChI=1S/C16H19ClN2O2.C9H15N3OS/c17-12-3-6-14-11(7-12)8-15(19-14)16(21)18-13-4-1-10(9-20)2-5-13;1-4-12(3)5-7-6(2)11-9(14-7)8(10)13/h3,6-8,10,13,19-20H,1-2,4-5,9H2,(H,18,21);4-5H2,1-3H3,(H2,10,13). The van der Waals surface area contributed by atoms with Crippen LogP contribution in [0.2, 0.25) is 5.02 Å². The summed E-state index contributed by atoms with van der Waals surface area (Å²) in [6.45, 7) is 6.05. The van der Waals surface area contributed by atoms with E-state index in [0.717, 1.165) is 60.2 Å². The summed E-state index contributed by atoms with van der Waals surface area (Å²) < 4.78 is 0. The summed E-state index contributed by atoms with van der Waals surface area (Å²) in [6.07, 6.45) is 3.82. The Morgan fingerprint density at radius 3 is 2.60 bits per heavy atom. The van der Waals surface area contributed by atoms with Crippen LogP contribution in [0.4, 0.5) is 0 Å². The number of nitrogens with zero attached hydrogens (tertiary/aromatic N) is 2. The Bertz CT molecular complexity index is 1150. The van der Waals surface area contributed by atoms with E-state index in [1.54, 1.807) is 6.07 Å². The number of amides is 2. The molecule has 8 nitrogen and oxygen atoms in total. The number of benzene rings is 1. The van der Waals surface area contributed by atoms with E-state index in [4.69, 9.17) is 22.4 Å². The zero-order valence-electron chi connectivity index (χ0n) is 20.4. The zero-order valence-corrected chi connectivity index (χ0v) is 22.0. The Balaban J connectivity index is 0.000000214. The molecule has 0 atom stereocenters. The van der Waals surface area contributed by atoms with Crippen LogP contribution < -0.4 is 11.1 Å². The number of fused-ring (bicyclic) bond motifs is 1. The predicted octanol–water partition coefficient (Wildman–Crippen LogP) is 4.10. The third-order valence-corrected chi connectivity index (χ3v) is 7.72. The van der Waals surface area contributed by atoms with Gasteiger partial charge in [-0.2, -0.15) is 0 Å². The molecule has 2 heterocycles. The average Bonchev–Trinajstić information content (AvgIpc) is 3.43. The minimum absolute atomic E-state index is 0.0743. The van der Waals surface area contributed by atoms with E-state index in [0.29, 0.717) is 21.6 Å². The monoisotopic (exact) mass is 519 g/mol. The number of nitrogens with two attached hydrogens (primary N) is 1. The molecule has 1 aromatic carbocycles. The number of aryl methyl sites for hydroxylation is 1. The summed E-state index contributed by atoms with van der Waals surface area (Å²) in [5.41, 5.74) is 7.54. The fraction of sp³-hybridized carbons (Fsp3) is 0.480. The van der Waals surface area contributed by atoms with Gasteiger partial charge in [-0.1, -0.05) is 18.5 Å². The molecule has 35 heavy (non-hydrogen) atoms. The van der Waals surface area contributed by atoms with Crippen LogP contribution in [-0.2, 0) is 6.54 Å². The van der Waals surface area contributed by atoms with Gasteiger partial charge in [0.25, 0.3) is 11.8 Å². The number of aromatic amines is 1. The SMILES string of the molecule is CCN(C)Cc1sc(C(N)=O)nc1C.O=C(NC1CCC(CO)CC1)c1cc2cc(Cl)ccc2[nH]1. The summed E-state index contributed by atoms with van der Waals surface area (Å²) in [5, 5.41) is 14.2. The Morgan fingerprint density at radius 2 is 2.00 bits per heavy atom. The Labute approximate surface area is 214 Å². The predicted molar refractivity (Wildman–Crippen MR) is 141 cm³/mol. The van der Waals surface area contributed by atoms with Crippen LogP contribution in [0, 0.1) is 12.8 Å². The average molecular weight is 520 g/mol. The van der Waals surface area contributed by atoms with Crippen LogP contribution in [0.1, 0.15) is 63.5 Å². The third kappa shape index (κ3) is 7.51. The van der Waals surface area contributed by atoms with Crippen molar-refractivity contribution in [3.63, 3.8) is 0 Å². The molecule has 2 amide bonds. The number of aromatic nitrogens is 2. The van der Waals surface area contributed by atoms with Gasteiger partial charge < -0.3 is 26.0 Å². The molecule has 0 bridgehead atoms. The van der Waals surface area contributed by atoms with Crippen LogP contribution in [0.3, 0.4) is 0 Å². The van der Waals surface area contributed by atoms with Crippen molar-refractivity contribution in [2.45, 2.75) is 52.1 Å². The molecule has 1 fully saturated rings. The molecule has 1 aliphatic rings. The smallest absolute Gasteiger partial charge is 0.277 e. The van der Waals surface area contributed by atoms with Crippen molar-refractivity contribution in [1.29, 1.82) is 0 Å². The summed E-state index contributed by atoms with van der Waals surface area (Å²) in [7, 11) is 2.03. The van der Waals surface area contributed by atoms with E-state index >= 15 is 0 Å². The highest BCUT2D eigenvalue weighted by Gasteiger charge is 2.22. The number of halogens is 1. The van der Waals surface area contributed by atoms with Gasteiger partial charge in [-0.05, 0) is 76.4 Å². The van der Waals surface area contributed by atoms with Gasteiger partial charge in [-0.15, -0.1) is 11.3 Å². The van der Waals surface area contributed by atoms with Crippen LogP contribution >= 0.6 is 22.9 Å². The fourth-order valence-corrected chi connectivity index (χ4v) is 5.19. The number of aliphatic hydroxyl groups is 1. The highest BCUT2D eigenvalue weighted by Crippen LogP contribution is 2.25. The number of hydrogen-bond donors (Lipinski definition) is 4. The maximum absolute atomic E-state index is 12.3. The topological polar surface area (TPSA) is 124 Å². The van der Waals surface area contributed by atoms with Crippen molar-refractivity contribution in [2.24, 2.45) is 11.7 Å². The first-order chi connectivity index (χ1) is 16.7. The van der Waals surface area contributed by atoms with Gasteiger partial charge in [0.2, 0.25) is 0 Å². The molecule has 2 aromatic heterocycles. The van der Waals surface area contributed by atoms with Crippen molar-refractivity contribution < 1.29 is 14.7 Å². The van der Waals surface area contributed by atoms with Crippen molar-refractivity contribution >= 4 is 45.7 Å². The molecule has 5 N–H and O–H groups in total. The van der Waals surface area contributed by atoms with Crippen LogP contribution in [0.25, 0.3) is 10.9 Å². The minimum Gasteiger partial charge on any atom is -0.396 e. The Morgan fingerprint density at radius 1 is 1.29 bits per heavy atom.